The molecule has 0 aliphatic carbocycles. The summed E-state index contributed by atoms with van der Waals surface area (Å²) in [4.78, 5) is 37.9. The number of unbranched alkanes of at least 4 members (excludes halogenated alkanes) is 31. The van der Waals surface area contributed by atoms with Crippen molar-refractivity contribution >= 4 is 17.9 Å². The normalized spacial score (nSPS) is 12.1. The zero-order chi connectivity index (χ0) is 44.9. The molecule has 0 radical (unpaired) electrons. The predicted molar refractivity (Wildman–Crippen MR) is 261 cm³/mol. The minimum Gasteiger partial charge on any atom is -0.462 e. The molecule has 0 spiro atoms. The van der Waals surface area contributed by atoms with Crippen LogP contribution < -0.4 is 0 Å². The van der Waals surface area contributed by atoms with E-state index in [9.17, 15) is 14.4 Å². The van der Waals surface area contributed by atoms with E-state index in [0.717, 1.165) is 75.5 Å². The van der Waals surface area contributed by atoms with Gasteiger partial charge >= 0.3 is 17.9 Å². The lowest BCUT2D eigenvalue weighted by Crippen LogP contribution is -2.30. The van der Waals surface area contributed by atoms with Crippen LogP contribution in [-0.2, 0) is 28.6 Å². The highest BCUT2D eigenvalue weighted by Gasteiger charge is 2.19. The number of carbonyl (C=O) groups is 3. The molecule has 61 heavy (non-hydrogen) atoms. The van der Waals surface area contributed by atoms with Crippen LogP contribution in [0.3, 0.4) is 0 Å². The summed E-state index contributed by atoms with van der Waals surface area (Å²) < 4.78 is 16.8. The Kier molecular flexibility index (Phi) is 45.2. The summed E-state index contributed by atoms with van der Waals surface area (Å²) in [5.74, 6) is 1.59. The van der Waals surface area contributed by atoms with E-state index in [1.165, 1.54) is 180 Å². The number of esters is 3. The Morgan fingerprint density at radius 1 is 0.279 bits per heavy atom. The second kappa shape index (κ2) is 46.4. The van der Waals surface area contributed by atoms with Crippen LogP contribution in [0.4, 0.5) is 0 Å². The molecule has 0 heterocycles. The molecule has 0 aromatic rings. The van der Waals surface area contributed by atoms with Crippen LogP contribution in [0.5, 0.6) is 0 Å². The van der Waals surface area contributed by atoms with E-state index < -0.39 is 6.10 Å². The summed E-state index contributed by atoms with van der Waals surface area (Å²) in [5.41, 5.74) is 0. The summed E-state index contributed by atoms with van der Waals surface area (Å²) >= 11 is 0. The summed E-state index contributed by atoms with van der Waals surface area (Å²) in [6, 6.07) is 0. The number of hydrogen-bond donors (Lipinski definition) is 0. The first-order chi connectivity index (χ1) is 29.6. The van der Waals surface area contributed by atoms with Gasteiger partial charge in [0.25, 0.3) is 0 Å². The Labute approximate surface area is 380 Å². The van der Waals surface area contributed by atoms with Crippen molar-refractivity contribution in [3.05, 3.63) is 0 Å². The van der Waals surface area contributed by atoms with E-state index in [4.69, 9.17) is 14.2 Å². The van der Waals surface area contributed by atoms with Gasteiger partial charge in [0.2, 0.25) is 0 Å². The third-order valence-corrected chi connectivity index (χ3v) is 12.4. The lowest BCUT2D eigenvalue weighted by Gasteiger charge is -2.18. The van der Waals surface area contributed by atoms with Gasteiger partial charge in [-0.3, -0.25) is 14.4 Å². The fraction of sp³-hybridized carbons (Fsp3) is 0.945. The van der Waals surface area contributed by atoms with Crippen LogP contribution in [0.1, 0.15) is 298 Å². The summed E-state index contributed by atoms with van der Waals surface area (Å²) in [6.45, 7) is 13.7. The number of rotatable bonds is 48. The topological polar surface area (TPSA) is 78.9 Å². The fourth-order valence-corrected chi connectivity index (χ4v) is 8.29. The maximum absolute atomic E-state index is 12.8. The van der Waals surface area contributed by atoms with E-state index in [2.05, 4.69) is 41.5 Å². The van der Waals surface area contributed by atoms with Crippen LogP contribution in [0.25, 0.3) is 0 Å². The summed E-state index contributed by atoms with van der Waals surface area (Å²) in [6.07, 6.45) is 46.8. The molecule has 6 nitrogen and oxygen atoms in total. The molecule has 0 fully saturated rings. The second-order valence-electron chi connectivity index (χ2n) is 20.3. The minimum absolute atomic E-state index is 0.0650. The predicted octanol–water partition coefficient (Wildman–Crippen LogP) is 17.6. The molecule has 0 unspecified atom stereocenters. The average Bonchev–Trinajstić information content (AvgIpc) is 3.22. The van der Waals surface area contributed by atoms with Crippen LogP contribution in [0.15, 0.2) is 0 Å². The van der Waals surface area contributed by atoms with E-state index in [1.807, 2.05) is 0 Å². The smallest absolute Gasteiger partial charge is 0.306 e. The third-order valence-electron chi connectivity index (χ3n) is 12.4. The van der Waals surface area contributed by atoms with Crippen molar-refractivity contribution in [3.8, 4) is 0 Å². The molecule has 362 valence electrons. The van der Waals surface area contributed by atoms with Crippen molar-refractivity contribution in [2.45, 2.75) is 304 Å². The lowest BCUT2D eigenvalue weighted by molar-refractivity contribution is -0.167. The molecular weight excluding hydrogens is 757 g/mol. The van der Waals surface area contributed by atoms with E-state index in [1.54, 1.807) is 0 Å². The average molecular weight is 863 g/mol. The van der Waals surface area contributed by atoms with Gasteiger partial charge in [0.1, 0.15) is 13.2 Å². The molecular formula is C55H106O6. The highest BCUT2D eigenvalue weighted by Crippen LogP contribution is 2.18. The number of hydrogen-bond acceptors (Lipinski definition) is 6. The fourth-order valence-electron chi connectivity index (χ4n) is 8.29. The Hall–Kier alpha value is -1.59. The molecule has 0 rings (SSSR count). The lowest BCUT2D eigenvalue weighted by atomic mass is 10.0. The molecule has 0 saturated heterocycles. The second-order valence-corrected chi connectivity index (χ2v) is 20.3. The van der Waals surface area contributed by atoms with Crippen molar-refractivity contribution in [2.24, 2.45) is 17.8 Å². The van der Waals surface area contributed by atoms with E-state index >= 15 is 0 Å². The van der Waals surface area contributed by atoms with Crippen LogP contribution >= 0.6 is 0 Å². The van der Waals surface area contributed by atoms with Gasteiger partial charge in [0, 0.05) is 19.3 Å². The van der Waals surface area contributed by atoms with Gasteiger partial charge in [-0.25, -0.2) is 0 Å². The van der Waals surface area contributed by atoms with Crippen LogP contribution in [0.2, 0.25) is 0 Å². The molecule has 0 N–H and O–H groups in total. The van der Waals surface area contributed by atoms with Gasteiger partial charge in [-0.1, -0.05) is 260 Å². The monoisotopic (exact) mass is 863 g/mol. The van der Waals surface area contributed by atoms with Gasteiger partial charge in [-0.2, -0.15) is 0 Å². The van der Waals surface area contributed by atoms with Gasteiger partial charge in [-0.15, -0.1) is 0 Å². The third kappa shape index (κ3) is 49.3. The standard InChI is InChI=1S/C55H106O6/c1-49(2)41-35-29-23-17-15-13-11-9-7-8-10-12-14-16-18-26-32-38-44-53(56)59-47-52(61-55(58)46-40-34-28-22-20-25-31-37-43-51(5)6)48-60-54(57)45-39-33-27-21-19-24-30-36-42-50(3)4/h49-52H,7-48H2,1-6H3/t52-/m0/s1. The summed E-state index contributed by atoms with van der Waals surface area (Å²) in [5, 5.41) is 0. The molecule has 0 aliphatic rings. The molecule has 0 bridgehead atoms. The Bertz CT molecular complexity index is 945. The first-order valence-corrected chi connectivity index (χ1v) is 27.1. The number of ether oxygens (including phenoxy) is 3. The molecule has 1 atom stereocenters. The van der Waals surface area contributed by atoms with Crippen molar-refractivity contribution in [2.75, 3.05) is 13.2 Å². The zero-order valence-electron chi connectivity index (χ0n) is 42.0. The van der Waals surface area contributed by atoms with Gasteiger partial charge in [0.05, 0.1) is 0 Å². The van der Waals surface area contributed by atoms with Crippen molar-refractivity contribution < 1.29 is 28.6 Å². The Balaban J connectivity index is 4.19. The van der Waals surface area contributed by atoms with Gasteiger partial charge < -0.3 is 14.2 Å². The molecule has 0 aromatic carbocycles. The van der Waals surface area contributed by atoms with Gasteiger partial charge in [-0.05, 0) is 37.0 Å². The van der Waals surface area contributed by atoms with Crippen LogP contribution in [0, 0.1) is 17.8 Å². The summed E-state index contributed by atoms with van der Waals surface area (Å²) in [7, 11) is 0. The van der Waals surface area contributed by atoms with E-state index in [0.29, 0.717) is 19.3 Å². The Morgan fingerprint density at radius 2 is 0.475 bits per heavy atom. The first kappa shape index (κ1) is 59.4. The molecule has 0 aliphatic heterocycles. The zero-order valence-corrected chi connectivity index (χ0v) is 42.0. The molecule has 0 aromatic heterocycles. The minimum atomic E-state index is -0.763. The van der Waals surface area contributed by atoms with Gasteiger partial charge in [0.15, 0.2) is 6.10 Å². The maximum atomic E-state index is 12.8. The molecule has 0 saturated carbocycles. The quantitative estimate of drug-likeness (QED) is 0.0344. The Morgan fingerprint density at radius 3 is 0.705 bits per heavy atom. The molecule has 6 heteroatoms. The maximum Gasteiger partial charge on any atom is 0.306 e. The highest BCUT2D eigenvalue weighted by molar-refractivity contribution is 5.71. The number of carbonyl (C=O) groups excluding carboxylic acids is 3. The highest BCUT2D eigenvalue weighted by atomic mass is 16.6. The first-order valence-electron chi connectivity index (χ1n) is 27.1. The SMILES string of the molecule is CC(C)CCCCCCCCCCCCCCCCCCCCC(=O)OC[C@@H](COC(=O)CCCCCCCCCCC(C)C)OC(=O)CCCCCCCCCCC(C)C. The largest absolute Gasteiger partial charge is 0.462 e. The van der Waals surface area contributed by atoms with Crippen molar-refractivity contribution in [1.82, 2.24) is 0 Å². The van der Waals surface area contributed by atoms with Crippen molar-refractivity contribution in [1.29, 1.82) is 0 Å². The molecule has 0 amide bonds. The van der Waals surface area contributed by atoms with Crippen LogP contribution in [-0.4, -0.2) is 37.2 Å². The van der Waals surface area contributed by atoms with E-state index in [-0.39, 0.29) is 31.1 Å². The van der Waals surface area contributed by atoms with Crippen molar-refractivity contribution in [3.63, 3.8) is 0 Å².